The molecule has 4 rings (SSSR count). The van der Waals surface area contributed by atoms with Crippen molar-refractivity contribution in [1.82, 2.24) is 9.80 Å². The van der Waals surface area contributed by atoms with Gasteiger partial charge in [-0.1, -0.05) is 13.5 Å². The molecule has 2 aromatic rings. The van der Waals surface area contributed by atoms with Crippen LogP contribution in [0.3, 0.4) is 0 Å². The van der Waals surface area contributed by atoms with E-state index < -0.39 is 34.1 Å². The molecule has 9 nitrogen and oxygen atoms in total. The summed E-state index contributed by atoms with van der Waals surface area (Å²) in [5.41, 5.74) is -2.66. The van der Waals surface area contributed by atoms with Crippen LogP contribution in [0, 0.1) is 10.1 Å². The van der Waals surface area contributed by atoms with E-state index in [9.17, 15) is 46.0 Å². The lowest BCUT2D eigenvalue weighted by Gasteiger charge is -2.37. The van der Waals surface area contributed by atoms with E-state index >= 15 is 0 Å². The van der Waals surface area contributed by atoms with Gasteiger partial charge in [0, 0.05) is 62.8 Å². The number of nitrogens with zero attached hydrogens (tertiary/aromatic N) is 4. The molecule has 0 spiro atoms. The van der Waals surface area contributed by atoms with Gasteiger partial charge >= 0.3 is 12.4 Å². The van der Waals surface area contributed by atoms with E-state index in [1.54, 1.807) is 11.0 Å². The lowest BCUT2D eigenvalue weighted by Crippen LogP contribution is -2.50. The van der Waals surface area contributed by atoms with Crippen LogP contribution in [0.1, 0.15) is 37.8 Å². The summed E-state index contributed by atoms with van der Waals surface area (Å²) in [5, 5.41) is 13.9. The largest absolute Gasteiger partial charge is 0.423 e. The van der Waals surface area contributed by atoms with E-state index in [4.69, 9.17) is 0 Å². The van der Waals surface area contributed by atoms with Crippen LogP contribution in [0.25, 0.3) is 0 Å². The Hall–Kier alpha value is -4.04. The first kappa shape index (κ1) is 32.5. The van der Waals surface area contributed by atoms with Gasteiger partial charge in [0.05, 0.1) is 10.5 Å². The van der Waals surface area contributed by atoms with Crippen molar-refractivity contribution < 1.29 is 40.9 Å². The number of alkyl halides is 6. The first-order chi connectivity index (χ1) is 19.2. The van der Waals surface area contributed by atoms with Crippen molar-refractivity contribution in [1.29, 1.82) is 0 Å². The molecule has 0 bridgehead atoms. The van der Waals surface area contributed by atoms with Crippen molar-refractivity contribution in [3.05, 3.63) is 63.7 Å². The molecule has 230 valence electrons. The van der Waals surface area contributed by atoms with Crippen molar-refractivity contribution in [2.45, 2.75) is 45.1 Å². The summed E-state index contributed by atoms with van der Waals surface area (Å²) >= 11 is 0. The molecular formula is C27H31F6N5O4. The smallest absolute Gasteiger partial charge is 0.382 e. The van der Waals surface area contributed by atoms with Crippen molar-refractivity contribution in [2.24, 2.45) is 0 Å². The zero-order valence-corrected chi connectivity index (χ0v) is 21.7. The summed E-state index contributed by atoms with van der Waals surface area (Å²) in [4.78, 5) is 40.1. The fourth-order valence-corrected chi connectivity index (χ4v) is 4.97. The highest BCUT2D eigenvalue weighted by molar-refractivity contribution is 5.97. The number of anilines is 2. The minimum Gasteiger partial charge on any atom is -0.382 e. The number of amides is 2. The van der Waals surface area contributed by atoms with Crippen LogP contribution in [-0.2, 0) is 21.9 Å². The van der Waals surface area contributed by atoms with Gasteiger partial charge in [0.25, 0.3) is 5.69 Å². The normalized spacial score (nSPS) is 16.6. The van der Waals surface area contributed by atoms with Gasteiger partial charge in [-0.3, -0.25) is 19.7 Å². The molecule has 2 aromatic carbocycles. The topological polar surface area (TPSA) is 99.0 Å². The molecule has 2 aliphatic heterocycles. The molecular weight excluding hydrogens is 572 g/mol. The predicted octanol–water partition coefficient (Wildman–Crippen LogP) is 5.41. The van der Waals surface area contributed by atoms with Gasteiger partial charge < -0.3 is 20.0 Å². The predicted molar refractivity (Wildman–Crippen MR) is 143 cm³/mol. The lowest BCUT2D eigenvalue weighted by atomic mass is 10.0. The number of carbonyl (C=O) groups is 2. The summed E-state index contributed by atoms with van der Waals surface area (Å²) in [7, 11) is 0. The highest BCUT2D eigenvalue weighted by Crippen LogP contribution is 2.38. The summed E-state index contributed by atoms with van der Waals surface area (Å²) in [5.74, 6) is -0.770. The van der Waals surface area contributed by atoms with E-state index in [2.05, 4.69) is 5.32 Å². The van der Waals surface area contributed by atoms with Gasteiger partial charge in [-0.2, -0.15) is 26.3 Å². The fourth-order valence-electron chi connectivity index (χ4n) is 4.97. The van der Waals surface area contributed by atoms with Gasteiger partial charge in [0.15, 0.2) is 0 Å². The summed E-state index contributed by atoms with van der Waals surface area (Å²) in [6.07, 6.45) is -8.92. The Kier molecular flexibility index (Phi) is 9.94. The summed E-state index contributed by atoms with van der Waals surface area (Å²) in [6, 6.07) is 7.39. The quantitative estimate of drug-likeness (QED) is 0.205. The number of halogens is 6. The number of carbonyl (C=O) groups excluding carboxylic acids is 2. The van der Waals surface area contributed by atoms with Gasteiger partial charge in [-0.25, -0.2) is 0 Å². The monoisotopic (exact) mass is 603 g/mol. The molecule has 2 saturated heterocycles. The molecule has 0 aliphatic carbocycles. The number of likely N-dealkylation sites (tertiary alicyclic amines) is 1. The number of piperidine rings is 1. The number of hydrogen-bond donors (Lipinski definition) is 1. The average molecular weight is 604 g/mol. The Labute approximate surface area is 238 Å². The Bertz CT molecular complexity index is 1290. The van der Waals surface area contributed by atoms with E-state index in [1.165, 1.54) is 21.9 Å². The maximum absolute atomic E-state index is 13.2. The number of piperazine rings is 1. The molecule has 2 heterocycles. The van der Waals surface area contributed by atoms with Crippen LogP contribution in [0.15, 0.2) is 42.5 Å². The number of hydrogen-bond acceptors (Lipinski definition) is 6. The maximum Gasteiger partial charge on any atom is 0.423 e. The minimum atomic E-state index is -4.90. The second-order valence-corrected chi connectivity index (χ2v) is 9.88. The van der Waals surface area contributed by atoms with E-state index in [-0.39, 0.29) is 63.6 Å². The first-order valence-electron chi connectivity index (χ1n) is 12.8. The van der Waals surface area contributed by atoms with Crippen LogP contribution in [0.4, 0.5) is 43.4 Å². The zero-order chi connectivity index (χ0) is 29.9. The fraction of sp³-hybridized carbons (Fsp3) is 0.481. The first-order valence-corrected chi connectivity index (χ1v) is 12.8. The number of rotatable bonds is 6. The molecule has 2 fully saturated rings. The SMILES string of the molecule is C.O=C(CC(=O)N1CCN(c2cccc(C(F)(F)F)c2)CC1)N1CCC(Nc2ccc([N+](=O)[O-])c(C(F)(F)F)c2)CC1. The van der Waals surface area contributed by atoms with Gasteiger partial charge in [-0.15, -0.1) is 0 Å². The van der Waals surface area contributed by atoms with E-state index in [0.717, 1.165) is 18.2 Å². The number of benzene rings is 2. The third-order valence-corrected chi connectivity index (χ3v) is 7.19. The standard InChI is InChI=1S/C26H27F6N5O4.CH4/c27-25(28,29)17-2-1-3-20(14-17)34-10-12-36(13-11-34)24(39)16-23(38)35-8-6-18(7-9-35)33-19-4-5-22(37(40)41)21(15-19)26(30,31)32;/h1-5,14-15,18,33H,6-13,16H2;1H4. The van der Waals surface area contributed by atoms with Gasteiger partial charge in [0.2, 0.25) is 11.8 Å². The summed E-state index contributed by atoms with van der Waals surface area (Å²) in [6.45, 7) is 1.68. The van der Waals surface area contributed by atoms with Crippen molar-refractivity contribution in [3.63, 3.8) is 0 Å². The lowest BCUT2D eigenvalue weighted by molar-refractivity contribution is -0.388. The number of nitro groups is 1. The number of nitro benzene ring substituents is 1. The molecule has 15 heteroatoms. The molecule has 0 unspecified atom stereocenters. The molecule has 2 aliphatic rings. The van der Waals surface area contributed by atoms with E-state index in [1.807, 2.05) is 0 Å². The Morgan fingerprint density at radius 3 is 2.00 bits per heavy atom. The third-order valence-electron chi connectivity index (χ3n) is 7.19. The second-order valence-electron chi connectivity index (χ2n) is 9.88. The molecule has 0 saturated carbocycles. The molecule has 0 aromatic heterocycles. The number of nitrogens with one attached hydrogen (secondary N) is 1. The molecule has 0 atom stereocenters. The van der Waals surface area contributed by atoms with Crippen molar-refractivity contribution in [3.8, 4) is 0 Å². The Morgan fingerprint density at radius 2 is 1.45 bits per heavy atom. The maximum atomic E-state index is 13.2. The van der Waals surface area contributed by atoms with Crippen LogP contribution >= 0.6 is 0 Å². The van der Waals surface area contributed by atoms with E-state index in [0.29, 0.717) is 37.7 Å². The van der Waals surface area contributed by atoms with Crippen LogP contribution in [0.5, 0.6) is 0 Å². The summed E-state index contributed by atoms with van der Waals surface area (Å²) < 4.78 is 78.8. The van der Waals surface area contributed by atoms with Crippen LogP contribution < -0.4 is 10.2 Å². The molecule has 1 N–H and O–H groups in total. The molecule has 42 heavy (non-hydrogen) atoms. The van der Waals surface area contributed by atoms with Crippen molar-refractivity contribution in [2.75, 3.05) is 49.5 Å². The molecule has 2 amide bonds. The van der Waals surface area contributed by atoms with Crippen LogP contribution in [0.2, 0.25) is 0 Å². The zero-order valence-electron chi connectivity index (χ0n) is 21.7. The van der Waals surface area contributed by atoms with Gasteiger partial charge in [0.1, 0.15) is 12.0 Å². The average Bonchev–Trinajstić information content (AvgIpc) is 2.92. The molecule has 0 radical (unpaired) electrons. The van der Waals surface area contributed by atoms with Gasteiger partial charge in [-0.05, 0) is 43.2 Å². The highest BCUT2D eigenvalue weighted by atomic mass is 19.4. The minimum absolute atomic E-state index is 0. The second kappa shape index (κ2) is 12.9. The Morgan fingerprint density at radius 1 is 0.857 bits per heavy atom. The van der Waals surface area contributed by atoms with Crippen LogP contribution in [-0.4, -0.2) is 71.8 Å². The third kappa shape index (κ3) is 7.82. The highest BCUT2D eigenvalue weighted by Gasteiger charge is 2.39. The Balaban J connectivity index is 0.00000484. The van der Waals surface area contributed by atoms with Crippen molar-refractivity contribution >= 4 is 28.9 Å².